The molecule has 8 heteroatoms. The molecule has 1 aromatic carbocycles. The van der Waals surface area contributed by atoms with Gasteiger partial charge in [-0.25, -0.2) is 21.2 Å². The monoisotopic (exact) mass is 399 g/mol. The Labute approximate surface area is 154 Å². The van der Waals surface area contributed by atoms with E-state index in [0.29, 0.717) is 19.3 Å². The molecule has 5 nitrogen and oxygen atoms in total. The van der Waals surface area contributed by atoms with Crippen molar-refractivity contribution in [2.75, 3.05) is 19.3 Å². The van der Waals surface area contributed by atoms with E-state index >= 15 is 0 Å². The smallest absolute Gasteiger partial charge is 0.224 e. The zero-order valence-electron chi connectivity index (χ0n) is 14.5. The van der Waals surface area contributed by atoms with E-state index in [-0.39, 0.29) is 40.5 Å². The largest absolute Gasteiger partial charge is 0.244 e. The number of piperidine rings is 1. The van der Waals surface area contributed by atoms with Crippen molar-refractivity contribution in [2.24, 2.45) is 11.8 Å². The maximum absolute atomic E-state index is 14.0. The Morgan fingerprint density at radius 1 is 1.04 bits per heavy atom. The first-order valence-electron chi connectivity index (χ1n) is 8.52. The van der Waals surface area contributed by atoms with Gasteiger partial charge < -0.3 is 0 Å². The van der Waals surface area contributed by atoms with Gasteiger partial charge in [0.1, 0.15) is 10.7 Å². The second-order valence-corrected chi connectivity index (χ2v) is 10.6. The summed E-state index contributed by atoms with van der Waals surface area (Å²) in [7, 11) is -7.58. The number of allylic oxidation sites excluding steroid dienone is 4. The Morgan fingerprint density at radius 2 is 1.65 bits per heavy atom. The van der Waals surface area contributed by atoms with E-state index < -0.39 is 19.9 Å². The van der Waals surface area contributed by atoms with Crippen molar-refractivity contribution in [1.82, 2.24) is 4.31 Å². The highest BCUT2D eigenvalue weighted by atomic mass is 32.2. The lowest BCUT2D eigenvalue weighted by molar-refractivity contribution is 0.231. The summed E-state index contributed by atoms with van der Waals surface area (Å²) in [5.74, 6) is -0.368. The minimum absolute atomic E-state index is 0.0550. The van der Waals surface area contributed by atoms with Crippen LogP contribution in [0.3, 0.4) is 0 Å². The van der Waals surface area contributed by atoms with Crippen LogP contribution in [-0.2, 0) is 19.9 Å². The number of sulfonamides is 1. The first-order chi connectivity index (χ1) is 12.2. The SMILES string of the molecule is CS(=O)(=O)c1ccccc1S(=O)(=O)N1CCC(C2C=CCC=C2F)CC1. The summed E-state index contributed by atoms with van der Waals surface area (Å²) in [5.41, 5.74) is 0. The number of hydrogen-bond acceptors (Lipinski definition) is 4. The normalized spacial score (nSPS) is 23.0. The van der Waals surface area contributed by atoms with Crippen molar-refractivity contribution in [3.05, 3.63) is 48.3 Å². The molecule has 0 radical (unpaired) electrons. The number of hydrogen-bond donors (Lipinski definition) is 0. The molecule has 1 unspecified atom stereocenters. The van der Waals surface area contributed by atoms with E-state index in [2.05, 4.69) is 0 Å². The van der Waals surface area contributed by atoms with Gasteiger partial charge in [-0.05, 0) is 43.4 Å². The van der Waals surface area contributed by atoms with E-state index in [4.69, 9.17) is 0 Å². The van der Waals surface area contributed by atoms with Gasteiger partial charge in [-0.15, -0.1) is 0 Å². The highest BCUT2D eigenvalue weighted by Crippen LogP contribution is 2.36. The third kappa shape index (κ3) is 3.77. The summed E-state index contributed by atoms with van der Waals surface area (Å²) in [6.07, 6.45) is 8.03. The van der Waals surface area contributed by atoms with Crippen molar-refractivity contribution in [3.8, 4) is 0 Å². The minimum atomic E-state index is -3.92. The molecule has 1 aliphatic heterocycles. The fourth-order valence-electron chi connectivity index (χ4n) is 3.60. The van der Waals surface area contributed by atoms with Crippen LogP contribution in [0.4, 0.5) is 4.39 Å². The first kappa shape index (κ1) is 19.3. The van der Waals surface area contributed by atoms with Crippen LogP contribution in [0, 0.1) is 11.8 Å². The molecular formula is C18H22FNO4S2. The van der Waals surface area contributed by atoms with Gasteiger partial charge in [0.15, 0.2) is 9.84 Å². The van der Waals surface area contributed by atoms with Crippen LogP contribution in [0.2, 0.25) is 0 Å². The molecule has 1 aliphatic carbocycles. The number of halogens is 1. The van der Waals surface area contributed by atoms with Crippen LogP contribution in [-0.4, -0.2) is 40.5 Å². The van der Waals surface area contributed by atoms with Crippen LogP contribution < -0.4 is 0 Å². The molecule has 0 saturated carbocycles. The number of benzene rings is 1. The van der Waals surface area contributed by atoms with Gasteiger partial charge in [0.2, 0.25) is 10.0 Å². The highest BCUT2D eigenvalue weighted by Gasteiger charge is 2.35. The van der Waals surface area contributed by atoms with Crippen molar-refractivity contribution in [3.63, 3.8) is 0 Å². The molecule has 0 spiro atoms. The van der Waals surface area contributed by atoms with Crippen LogP contribution in [0.15, 0.2) is 58.1 Å². The van der Waals surface area contributed by atoms with Crippen LogP contribution in [0.1, 0.15) is 19.3 Å². The number of nitrogens with zero attached hydrogens (tertiary/aromatic N) is 1. The molecular weight excluding hydrogens is 377 g/mol. The van der Waals surface area contributed by atoms with Crippen molar-refractivity contribution < 1.29 is 21.2 Å². The Hall–Kier alpha value is -1.51. The van der Waals surface area contributed by atoms with E-state index in [1.807, 2.05) is 12.2 Å². The topological polar surface area (TPSA) is 71.5 Å². The predicted molar refractivity (Wildman–Crippen MR) is 97.5 cm³/mol. The van der Waals surface area contributed by atoms with Crippen LogP contribution in [0.25, 0.3) is 0 Å². The molecule has 1 aromatic rings. The van der Waals surface area contributed by atoms with E-state index in [0.717, 1.165) is 6.26 Å². The van der Waals surface area contributed by atoms with Crippen molar-refractivity contribution >= 4 is 19.9 Å². The van der Waals surface area contributed by atoms with E-state index in [1.165, 1.54) is 28.6 Å². The molecule has 3 rings (SSSR count). The Kier molecular flexibility index (Phi) is 5.37. The molecule has 2 aliphatic rings. The predicted octanol–water partition coefficient (Wildman–Crippen LogP) is 2.92. The Morgan fingerprint density at radius 3 is 2.23 bits per heavy atom. The molecule has 0 bridgehead atoms. The second-order valence-electron chi connectivity index (χ2n) is 6.74. The summed E-state index contributed by atoms with van der Waals surface area (Å²) >= 11 is 0. The molecule has 1 atom stereocenters. The summed E-state index contributed by atoms with van der Waals surface area (Å²) in [4.78, 5) is -0.379. The minimum Gasteiger partial charge on any atom is -0.224 e. The van der Waals surface area contributed by atoms with Crippen molar-refractivity contribution in [2.45, 2.75) is 29.1 Å². The fourth-order valence-corrected chi connectivity index (χ4v) is 6.67. The standard InChI is InChI=1S/C18H22FNO4S2/c1-25(21,22)17-8-4-5-9-18(17)26(23,24)20-12-10-14(11-13-20)15-6-2-3-7-16(15)19/h2,4-9,14-15H,3,10-13H2,1H3. The Bertz CT molecular complexity index is 943. The summed E-state index contributed by atoms with van der Waals surface area (Å²) in [6.45, 7) is 0.505. The third-order valence-electron chi connectivity index (χ3n) is 4.98. The van der Waals surface area contributed by atoms with Crippen LogP contribution in [0.5, 0.6) is 0 Å². The van der Waals surface area contributed by atoms with Gasteiger partial charge in [-0.1, -0.05) is 24.3 Å². The molecule has 142 valence electrons. The van der Waals surface area contributed by atoms with Crippen molar-refractivity contribution in [1.29, 1.82) is 0 Å². The maximum Gasteiger partial charge on any atom is 0.244 e. The van der Waals surface area contributed by atoms with Gasteiger partial charge in [0.05, 0.1) is 4.90 Å². The quantitative estimate of drug-likeness (QED) is 0.730. The van der Waals surface area contributed by atoms with E-state index in [1.54, 1.807) is 6.08 Å². The average Bonchev–Trinajstić information content (AvgIpc) is 2.61. The average molecular weight is 400 g/mol. The third-order valence-corrected chi connectivity index (χ3v) is 8.22. The van der Waals surface area contributed by atoms with Gasteiger partial charge in [0, 0.05) is 25.3 Å². The molecule has 0 aromatic heterocycles. The molecule has 0 N–H and O–H groups in total. The Balaban J connectivity index is 1.80. The maximum atomic E-state index is 14.0. The van der Waals surface area contributed by atoms with Crippen LogP contribution >= 0.6 is 0 Å². The molecule has 0 amide bonds. The lowest BCUT2D eigenvalue weighted by atomic mass is 9.82. The summed E-state index contributed by atoms with van der Waals surface area (Å²) in [5, 5.41) is 0. The molecule has 1 fully saturated rings. The fraction of sp³-hybridized carbons (Fsp3) is 0.444. The number of sulfone groups is 1. The number of rotatable bonds is 4. The second kappa shape index (κ2) is 7.25. The lowest BCUT2D eigenvalue weighted by Gasteiger charge is -2.34. The zero-order valence-corrected chi connectivity index (χ0v) is 16.1. The van der Waals surface area contributed by atoms with Gasteiger partial charge in [-0.2, -0.15) is 4.31 Å². The van der Waals surface area contributed by atoms with Gasteiger partial charge in [0.25, 0.3) is 0 Å². The summed E-state index contributed by atoms with van der Waals surface area (Å²) < 4.78 is 65.1. The first-order valence-corrected chi connectivity index (χ1v) is 11.9. The van der Waals surface area contributed by atoms with Gasteiger partial charge in [-0.3, -0.25) is 0 Å². The zero-order chi connectivity index (χ0) is 18.9. The molecule has 1 saturated heterocycles. The highest BCUT2D eigenvalue weighted by molar-refractivity contribution is 7.93. The summed E-state index contributed by atoms with van der Waals surface area (Å²) in [6, 6.07) is 5.65. The lowest BCUT2D eigenvalue weighted by Crippen LogP contribution is -2.40. The van der Waals surface area contributed by atoms with Gasteiger partial charge >= 0.3 is 0 Å². The molecule has 26 heavy (non-hydrogen) atoms. The molecule has 1 heterocycles. The van der Waals surface area contributed by atoms with E-state index in [9.17, 15) is 21.2 Å².